The highest BCUT2D eigenvalue weighted by Crippen LogP contribution is 2.25. The van der Waals surface area contributed by atoms with Gasteiger partial charge < -0.3 is 14.2 Å². The molecule has 0 spiro atoms. The van der Waals surface area contributed by atoms with Gasteiger partial charge in [0.15, 0.2) is 0 Å². The number of aromatic nitrogens is 2. The molecule has 0 amide bonds. The van der Waals surface area contributed by atoms with E-state index in [9.17, 15) is 14.9 Å². The van der Waals surface area contributed by atoms with E-state index in [0.29, 0.717) is 17.1 Å². The SMILES string of the molecule is COC(=O)/C(C#N)=C/c1c(Oc2ccc(OC)cc2)nc2ccccn2c1=O. The van der Waals surface area contributed by atoms with Crippen molar-refractivity contribution >= 4 is 17.7 Å². The van der Waals surface area contributed by atoms with Crippen molar-refractivity contribution in [1.29, 1.82) is 5.26 Å². The number of hydrogen-bond donors (Lipinski definition) is 0. The summed E-state index contributed by atoms with van der Waals surface area (Å²) in [4.78, 5) is 29.0. The number of hydrogen-bond acceptors (Lipinski definition) is 7. The van der Waals surface area contributed by atoms with Crippen molar-refractivity contribution in [3.63, 3.8) is 0 Å². The minimum Gasteiger partial charge on any atom is -0.497 e. The summed E-state index contributed by atoms with van der Waals surface area (Å²) in [5.41, 5.74) is -0.547. The Labute approximate surface area is 159 Å². The number of methoxy groups -OCH3 is 2. The Morgan fingerprint density at radius 2 is 1.86 bits per heavy atom. The summed E-state index contributed by atoms with van der Waals surface area (Å²) in [6.07, 6.45) is 2.64. The highest BCUT2D eigenvalue weighted by Gasteiger charge is 2.17. The minimum absolute atomic E-state index is 0.0435. The lowest BCUT2D eigenvalue weighted by Gasteiger charge is -2.10. The Kier molecular flexibility index (Phi) is 5.37. The number of nitriles is 1. The number of rotatable bonds is 5. The van der Waals surface area contributed by atoms with Gasteiger partial charge in [0.2, 0.25) is 5.88 Å². The van der Waals surface area contributed by atoms with E-state index >= 15 is 0 Å². The Bertz CT molecular complexity index is 1160. The Morgan fingerprint density at radius 1 is 1.14 bits per heavy atom. The quantitative estimate of drug-likeness (QED) is 0.382. The third-order valence-electron chi connectivity index (χ3n) is 3.82. The van der Waals surface area contributed by atoms with Crippen LogP contribution >= 0.6 is 0 Å². The van der Waals surface area contributed by atoms with Crippen LogP contribution in [0.15, 0.2) is 59.0 Å². The van der Waals surface area contributed by atoms with Gasteiger partial charge in [-0.15, -0.1) is 0 Å². The first kappa shape index (κ1) is 18.7. The van der Waals surface area contributed by atoms with E-state index in [2.05, 4.69) is 9.72 Å². The van der Waals surface area contributed by atoms with Gasteiger partial charge in [0, 0.05) is 6.20 Å². The number of carbonyl (C=O) groups is 1. The summed E-state index contributed by atoms with van der Waals surface area (Å²) >= 11 is 0. The molecule has 0 saturated carbocycles. The van der Waals surface area contributed by atoms with Gasteiger partial charge in [0.25, 0.3) is 5.56 Å². The summed E-state index contributed by atoms with van der Waals surface area (Å²) in [5, 5.41) is 9.23. The number of carbonyl (C=O) groups excluding carboxylic acids is 1. The van der Waals surface area contributed by atoms with Crippen molar-refractivity contribution < 1.29 is 19.0 Å². The average Bonchev–Trinajstić information content (AvgIpc) is 2.73. The van der Waals surface area contributed by atoms with Gasteiger partial charge in [-0.2, -0.15) is 10.2 Å². The van der Waals surface area contributed by atoms with Crippen molar-refractivity contribution in [3.8, 4) is 23.4 Å². The van der Waals surface area contributed by atoms with Crippen molar-refractivity contribution in [2.75, 3.05) is 14.2 Å². The van der Waals surface area contributed by atoms with Crippen LogP contribution in [-0.2, 0) is 9.53 Å². The van der Waals surface area contributed by atoms with E-state index in [1.807, 2.05) is 0 Å². The normalized spacial score (nSPS) is 11.0. The highest BCUT2D eigenvalue weighted by molar-refractivity contribution is 5.98. The van der Waals surface area contributed by atoms with Crippen molar-refractivity contribution in [3.05, 3.63) is 70.2 Å². The van der Waals surface area contributed by atoms with Gasteiger partial charge >= 0.3 is 5.97 Å². The zero-order valence-electron chi connectivity index (χ0n) is 15.1. The lowest BCUT2D eigenvalue weighted by molar-refractivity contribution is -0.135. The summed E-state index contributed by atoms with van der Waals surface area (Å²) in [6.45, 7) is 0. The summed E-state index contributed by atoms with van der Waals surface area (Å²) in [7, 11) is 2.69. The molecule has 140 valence electrons. The lowest BCUT2D eigenvalue weighted by atomic mass is 10.2. The fourth-order valence-corrected chi connectivity index (χ4v) is 2.43. The highest BCUT2D eigenvalue weighted by atomic mass is 16.5. The largest absolute Gasteiger partial charge is 0.497 e. The average molecular weight is 377 g/mol. The molecule has 8 nitrogen and oxygen atoms in total. The van der Waals surface area contributed by atoms with E-state index in [0.717, 1.165) is 13.2 Å². The maximum Gasteiger partial charge on any atom is 0.348 e. The topological polar surface area (TPSA) is 103 Å². The van der Waals surface area contributed by atoms with Crippen LogP contribution in [0, 0.1) is 11.3 Å². The third kappa shape index (κ3) is 3.68. The predicted molar refractivity (Wildman–Crippen MR) is 100 cm³/mol. The zero-order valence-corrected chi connectivity index (χ0v) is 15.1. The van der Waals surface area contributed by atoms with Crippen LogP contribution in [0.2, 0.25) is 0 Å². The minimum atomic E-state index is -0.865. The van der Waals surface area contributed by atoms with Gasteiger partial charge in [0.05, 0.1) is 14.2 Å². The number of nitrogens with zero attached hydrogens (tertiary/aromatic N) is 3. The van der Waals surface area contributed by atoms with Gasteiger partial charge in [-0.25, -0.2) is 4.79 Å². The molecule has 0 aliphatic heterocycles. The molecule has 1 aromatic carbocycles. The molecule has 0 N–H and O–H groups in total. The van der Waals surface area contributed by atoms with E-state index in [1.54, 1.807) is 55.6 Å². The van der Waals surface area contributed by atoms with E-state index < -0.39 is 11.5 Å². The lowest BCUT2D eigenvalue weighted by Crippen LogP contribution is -2.19. The van der Waals surface area contributed by atoms with Gasteiger partial charge in [-0.3, -0.25) is 9.20 Å². The molecular weight excluding hydrogens is 362 g/mol. The molecule has 0 radical (unpaired) electrons. The molecule has 2 aromatic heterocycles. The maximum atomic E-state index is 12.9. The van der Waals surface area contributed by atoms with Crippen LogP contribution in [0.3, 0.4) is 0 Å². The summed E-state index contributed by atoms with van der Waals surface area (Å²) in [5.74, 6) is 0.129. The van der Waals surface area contributed by atoms with E-state index in [1.165, 1.54) is 10.6 Å². The number of esters is 1. The van der Waals surface area contributed by atoms with Crippen LogP contribution in [0.5, 0.6) is 17.4 Å². The Morgan fingerprint density at radius 3 is 2.50 bits per heavy atom. The van der Waals surface area contributed by atoms with Crippen LogP contribution in [-0.4, -0.2) is 29.6 Å². The maximum absolute atomic E-state index is 12.9. The number of fused-ring (bicyclic) bond motifs is 1. The molecule has 28 heavy (non-hydrogen) atoms. The third-order valence-corrected chi connectivity index (χ3v) is 3.82. The monoisotopic (exact) mass is 377 g/mol. The van der Waals surface area contributed by atoms with Crippen molar-refractivity contribution in [2.45, 2.75) is 0 Å². The predicted octanol–water partition coefficient (Wildman–Crippen LogP) is 2.58. The standard InChI is InChI=1S/C20H15N3O5/c1-26-14-6-8-15(9-7-14)28-18-16(11-13(12-21)20(25)27-2)19(24)23-10-4-3-5-17(23)22-18/h3-11H,1-2H3/b13-11+. The second kappa shape index (κ2) is 8.05. The van der Waals surface area contributed by atoms with Crippen LogP contribution in [0.4, 0.5) is 0 Å². The van der Waals surface area contributed by atoms with E-state index in [-0.39, 0.29) is 17.0 Å². The van der Waals surface area contributed by atoms with Gasteiger partial charge in [0.1, 0.15) is 34.4 Å². The fourth-order valence-electron chi connectivity index (χ4n) is 2.43. The molecule has 0 saturated heterocycles. The number of ether oxygens (including phenoxy) is 3. The molecule has 0 atom stereocenters. The molecule has 0 bridgehead atoms. The molecule has 3 aromatic rings. The second-order valence-corrected chi connectivity index (χ2v) is 5.50. The molecule has 3 rings (SSSR count). The molecular formula is C20H15N3O5. The van der Waals surface area contributed by atoms with E-state index in [4.69, 9.17) is 9.47 Å². The second-order valence-electron chi connectivity index (χ2n) is 5.50. The van der Waals surface area contributed by atoms with Crippen molar-refractivity contribution in [2.24, 2.45) is 0 Å². The summed E-state index contributed by atoms with van der Waals surface area (Å²) in [6, 6.07) is 13.4. The molecule has 2 heterocycles. The Hall–Kier alpha value is -4.12. The van der Waals surface area contributed by atoms with Crippen molar-refractivity contribution in [1.82, 2.24) is 9.38 Å². The van der Waals surface area contributed by atoms with Crippen LogP contribution < -0.4 is 15.0 Å². The van der Waals surface area contributed by atoms with Gasteiger partial charge in [-0.05, 0) is 42.5 Å². The Balaban J connectivity index is 2.19. The molecule has 0 fully saturated rings. The first-order chi connectivity index (χ1) is 13.6. The molecule has 0 unspecified atom stereocenters. The number of benzene rings is 1. The first-order valence-corrected chi connectivity index (χ1v) is 8.10. The molecule has 8 heteroatoms. The number of pyridine rings is 1. The molecule has 0 aliphatic rings. The molecule has 0 aliphatic carbocycles. The summed E-state index contributed by atoms with van der Waals surface area (Å²) < 4.78 is 16.7. The smallest absolute Gasteiger partial charge is 0.348 e. The van der Waals surface area contributed by atoms with Crippen LogP contribution in [0.1, 0.15) is 5.56 Å². The first-order valence-electron chi connectivity index (χ1n) is 8.10. The van der Waals surface area contributed by atoms with Gasteiger partial charge in [-0.1, -0.05) is 6.07 Å². The zero-order chi connectivity index (χ0) is 20.1. The fraction of sp³-hybridized carbons (Fsp3) is 0.100. The van der Waals surface area contributed by atoms with Crippen LogP contribution in [0.25, 0.3) is 11.7 Å².